The van der Waals surface area contributed by atoms with E-state index in [9.17, 15) is 8.42 Å². The highest BCUT2D eigenvalue weighted by Crippen LogP contribution is 2.19. The Hall–Kier alpha value is -0.870. The molecule has 1 rings (SSSR count). The minimum Gasteiger partial charge on any atom is -0.313 e. The van der Waals surface area contributed by atoms with Gasteiger partial charge >= 0.3 is 0 Å². The third-order valence-electron chi connectivity index (χ3n) is 3.23. The van der Waals surface area contributed by atoms with Crippen molar-refractivity contribution in [3.8, 4) is 0 Å². The third kappa shape index (κ3) is 4.62. The van der Waals surface area contributed by atoms with E-state index in [-0.39, 0.29) is 11.8 Å². The zero-order valence-electron chi connectivity index (χ0n) is 12.4. The molecule has 0 saturated heterocycles. The number of benzene rings is 1. The summed E-state index contributed by atoms with van der Waals surface area (Å²) in [6.07, 6.45) is 1.87. The summed E-state index contributed by atoms with van der Waals surface area (Å²) in [5.41, 5.74) is 1.82. The Morgan fingerprint density at radius 3 is 2.47 bits per heavy atom. The van der Waals surface area contributed by atoms with Crippen LogP contribution < -0.4 is 5.32 Å². The summed E-state index contributed by atoms with van der Waals surface area (Å²) in [7, 11) is -3.22. The highest BCUT2D eigenvalue weighted by Gasteiger charge is 2.22. The standard InChI is InChI=1S/C15H25NO2S/c1-5-7-14(16-6-2)11-19(17,18)15-10-12(3)8-9-13(15)4/h8-10,14,16H,5-7,11H2,1-4H3. The molecule has 0 aromatic heterocycles. The van der Waals surface area contributed by atoms with Crippen molar-refractivity contribution >= 4 is 9.84 Å². The van der Waals surface area contributed by atoms with Gasteiger partial charge < -0.3 is 5.32 Å². The van der Waals surface area contributed by atoms with E-state index in [0.717, 1.165) is 30.5 Å². The Labute approximate surface area is 117 Å². The van der Waals surface area contributed by atoms with Gasteiger partial charge in [-0.3, -0.25) is 0 Å². The van der Waals surface area contributed by atoms with E-state index in [1.807, 2.05) is 32.9 Å². The van der Waals surface area contributed by atoms with Crippen molar-refractivity contribution in [2.45, 2.75) is 51.5 Å². The van der Waals surface area contributed by atoms with Crippen molar-refractivity contribution in [3.05, 3.63) is 29.3 Å². The van der Waals surface area contributed by atoms with Gasteiger partial charge in [0.05, 0.1) is 10.6 Å². The molecule has 1 N–H and O–H groups in total. The first kappa shape index (κ1) is 16.2. The zero-order chi connectivity index (χ0) is 14.5. The molecule has 0 amide bonds. The molecule has 0 spiro atoms. The van der Waals surface area contributed by atoms with Crippen molar-refractivity contribution in [2.75, 3.05) is 12.3 Å². The summed E-state index contributed by atoms with van der Waals surface area (Å²) < 4.78 is 25.1. The lowest BCUT2D eigenvalue weighted by Gasteiger charge is -2.18. The molecule has 0 fully saturated rings. The molecule has 0 aliphatic rings. The number of aryl methyl sites for hydroxylation is 2. The van der Waals surface area contributed by atoms with E-state index in [1.54, 1.807) is 6.07 Å². The molecule has 0 radical (unpaired) electrons. The lowest BCUT2D eigenvalue weighted by atomic mass is 10.2. The van der Waals surface area contributed by atoms with E-state index < -0.39 is 9.84 Å². The molecule has 0 saturated carbocycles. The van der Waals surface area contributed by atoms with Crippen LogP contribution in [0.15, 0.2) is 23.1 Å². The quantitative estimate of drug-likeness (QED) is 0.837. The molecule has 0 heterocycles. The Morgan fingerprint density at radius 1 is 1.21 bits per heavy atom. The summed E-state index contributed by atoms with van der Waals surface area (Å²) in [5, 5.41) is 3.26. The fourth-order valence-electron chi connectivity index (χ4n) is 2.28. The largest absolute Gasteiger partial charge is 0.313 e. The number of sulfone groups is 1. The Morgan fingerprint density at radius 2 is 1.89 bits per heavy atom. The van der Waals surface area contributed by atoms with Gasteiger partial charge in [0.25, 0.3) is 0 Å². The van der Waals surface area contributed by atoms with E-state index in [0.29, 0.717) is 4.90 Å². The average Bonchev–Trinajstić information content (AvgIpc) is 2.32. The monoisotopic (exact) mass is 283 g/mol. The van der Waals surface area contributed by atoms with Gasteiger partial charge in [0.15, 0.2) is 9.84 Å². The number of hydrogen-bond acceptors (Lipinski definition) is 3. The summed E-state index contributed by atoms with van der Waals surface area (Å²) in [4.78, 5) is 0.478. The van der Waals surface area contributed by atoms with Crippen LogP contribution in [0.5, 0.6) is 0 Å². The van der Waals surface area contributed by atoms with Crippen LogP contribution in [0, 0.1) is 13.8 Å². The molecular formula is C15H25NO2S. The van der Waals surface area contributed by atoms with Crippen LogP contribution in [0.2, 0.25) is 0 Å². The first-order valence-corrected chi connectivity index (χ1v) is 8.59. The molecule has 1 atom stereocenters. The summed E-state index contributed by atoms with van der Waals surface area (Å²) >= 11 is 0. The first-order valence-electron chi connectivity index (χ1n) is 6.94. The van der Waals surface area contributed by atoms with Crippen molar-refractivity contribution < 1.29 is 8.42 Å². The summed E-state index contributed by atoms with van der Waals surface area (Å²) in [6.45, 7) is 8.66. The smallest absolute Gasteiger partial charge is 0.180 e. The lowest BCUT2D eigenvalue weighted by molar-refractivity contribution is 0.512. The van der Waals surface area contributed by atoms with Crippen LogP contribution in [-0.4, -0.2) is 26.8 Å². The van der Waals surface area contributed by atoms with E-state index >= 15 is 0 Å². The zero-order valence-corrected chi connectivity index (χ0v) is 13.2. The second kappa shape index (κ2) is 7.06. The van der Waals surface area contributed by atoms with Crippen molar-refractivity contribution in [3.63, 3.8) is 0 Å². The Kier molecular flexibility index (Phi) is 6.01. The molecule has 1 unspecified atom stereocenters. The SMILES string of the molecule is CCCC(CS(=O)(=O)c1cc(C)ccc1C)NCC. The predicted molar refractivity (Wildman–Crippen MR) is 80.3 cm³/mol. The first-order chi connectivity index (χ1) is 8.90. The van der Waals surface area contributed by atoms with E-state index in [4.69, 9.17) is 0 Å². The minimum atomic E-state index is -3.22. The fraction of sp³-hybridized carbons (Fsp3) is 0.600. The minimum absolute atomic E-state index is 0.0416. The van der Waals surface area contributed by atoms with Crippen LogP contribution >= 0.6 is 0 Å². The lowest BCUT2D eigenvalue weighted by Crippen LogP contribution is -2.35. The van der Waals surface area contributed by atoms with Gasteiger partial charge in [-0.2, -0.15) is 0 Å². The molecule has 0 aliphatic heterocycles. The summed E-state index contributed by atoms with van der Waals surface area (Å²) in [5.74, 6) is 0.180. The maximum absolute atomic E-state index is 12.5. The molecule has 4 heteroatoms. The van der Waals surface area contributed by atoms with E-state index in [2.05, 4.69) is 12.2 Å². The Balaban J connectivity index is 2.99. The second-order valence-corrected chi connectivity index (χ2v) is 7.10. The van der Waals surface area contributed by atoms with Crippen LogP contribution in [0.4, 0.5) is 0 Å². The molecule has 1 aromatic carbocycles. The third-order valence-corrected chi connectivity index (χ3v) is 5.18. The van der Waals surface area contributed by atoms with Gasteiger partial charge in [0, 0.05) is 6.04 Å². The van der Waals surface area contributed by atoms with Gasteiger partial charge in [0.2, 0.25) is 0 Å². The van der Waals surface area contributed by atoms with Gasteiger partial charge in [-0.05, 0) is 44.0 Å². The van der Waals surface area contributed by atoms with Gasteiger partial charge in [0.1, 0.15) is 0 Å². The maximum atomic E-state index is 12.5. The number of hydrogen-bond donors (Lipinski definition) is 1. The molecular weight excluding hydrogens is 258 g/mol. The molecule has 19 heavy (non-hydrogen) atoms. The fourth-order valence-corrected chi connectivity index (χ4v) is 4.20. The van der Waals surface area contributed by atoms with Crippen molar-refractivity contribution in [1.29, 1.82) is 0 Å². The number of nitrogens with one attached hydrogen (secondary N) is 1. The number of rotatable bonds is 7. The van der Waals surface area contributed by atoms with Crippen molar-refractivity contribution in [2.24, 2.45) is 0 Å². The van der Waals surface area contributed by atoms with E-state index in [1.165, 1.54) is 0 Å². The molecule has 1 aromatic rings. The molecule has 0 bridgehead atoms. The van der Waals surface area contributed by atoms with Crippen LogP contribution in [0.1, 0.15) is 37.8 Å². The molecule has 0 aliphatic carbocycles. The van der Waals surface area contributed by atoms with Gasteiger partial charge in [-0.25, -0.2) is 8.42 Å². The molecule has 108 valence electrons. The Bertz CT molecular complexity index is 503. The van der Waals surface area contributed by atoms with Crippen LogP contribution in [-0.2, 0) is 9.84 Å². The van der Waals surface area contributed by atoms with Gasteiger partial charge in [-0.1, -0.05) is 32.4 Å². The molecule has 3 nitrogen and oxygen atoms in total. The predicted octanol–water partition coefficient (Wildman–Crippen LogP) is 2.86. The maximum Gasteiger partial charge on any atom is 0.180 e. The highest BCUT2D eigenvalue weighted by atomic mass is 32.2. The van der Waals surface area contributed by atoms with Crippen molar-refractivity contribution in [1.82, 2.24) is 5.32 Å². The van der Waals surface area contributed by atoms with Gasteiger partial charge in [-0.15, -0.1) is 0 Å². The highest BCUT2D eigenvalue weighted by molar-refractivity contribution is 7.91. The normalized spacial score (nSPS) is 13.5. The summed E-state index contributed by atoms with van der Waals surface area (Å²) in [6, 6.07) is 5.64. The topological polar surface area (TPSA) is 46.2 Å². The van der Waals surface area contributed by atoms with Crippen LogP contribution in [0.3, 0.4) is 0 Å². The average molecular weight is 283 g/mol. The second-order valence-electron chi connectivity index (χ2n) is 5.09. The van der Waals surface area contributed by atoms with Crippen LogP contribution in [0.25, 0.3) is 0 Å².